The summed E-state index contributed by atoms with van der Waals surface area (Å²) >= 11 is 0. The Balaban J connectivity index is 1.94. The third-order valence-electron chi connectivity index (χ3n) is 4.31. The van der Waals surface area contributed by atoms with Gasteiger partial charge in [0.15, 0.2) is 0 Å². The van der Waals surface area contributed by atoms with Gasteiger partial charge >= 0.3 is 5.97 Å². The second-order valence-electron chi connectivity index (χ2n) is 7.30. The van der Waals surface area contributed by atoms with Crippen LogP contribution in [0.25, 0.3) is 11.0 Å². The van der Waals surface area contributed by atoms with Crippen molar-refractivity contribution < 1.29 is 18.7 Å². The van der Waals surface area contributed by atoms with E-state index < -0.39 is 5.97 Å². The first-order chi connectivity index (χ1) is 12.8. The van der Waals surface area contributed by atoms with Crippen LogP contribution in [0.2, 0.25) is 0 Å². The molecule has 3 aromatic rings. The van der Waals surface area contributed by atoms with Gasteiger partial charge in [0.1, 0.15) is 11.3 Å². The maximum atomic E-state index is 12.7. The highest BCUT2D eigenvalue weighted by Gasteiger charge is 2.24. The number of benzene rings is 2. The topological polar surface area (TPSA) is 68.5 Å². The number of para-hydroxylation sites is 1. The highest BCUT2D eigenvalue weighted by molar-refractivity contribution is 6.13. The summed E-state index contributed by atoms with van der Waals surface area (Å²) in [5.74, 6) is -0.919. The second-order valence-corrected chi connectivity index (χ2v) is 7.30. The summed E-state index contributed by atoms with van der Waals surface area (Å²) in [6, 6.07) is 14.6. The number of hydrogen-bond donors (Lipinski definition) is 1. The Morgan fingerprint density at radius 1 is 1.04 bits per heavy atom. The normalized spacial score (nSPS) is 11.4. The number of nitrogens with one attached hydrogen (secondary N) is 1. The zero-order valence-electron chi connectivity index (χ0n) is 16.0. The van der Waals surface area contributed by atoms with E-state index in [1.807, 2.05) is 18.2 Å². The average molecular weight is 365 g/mol. The molecule has 5 nitrogen and oxygen atoms in total. The third-order valence-corrected chi connectivity index (χ3v) is 4.31. The van der Waals surface area contributed by atoms with E-state index in [1.165, 1.54) is 0 Å². The predicted molar refractivity (Wildman–Crippen MR) is 105 cm³/mol. The fourth-order valence-corrected chi connectivity index (χ4v) is 2.82. The molecular weight excluding hydrogens is 342 g/mol. The standard InChI is InChI=1S/C22H23NO4/c1-5-26-21(25)19-18(16-8-6-7-9-17(16)27-19)23-20(24)14-10-12-15(13-11-14)22(2,3)4/h6-13H,5H2,1-4H3,(H,23,24). The van der Waals surface area contributed by atoms with Crippen LogP contribution in [0.15, 0.2) is 52.9 Å². The Hall–Kier alpha value is -3.08. The minimum atomic E-state index is -0.605. The van der Waals surface area contributed by atoms with Gasteiger partial charge in [-0.2, -0.15) is 0 Å². The highest BCUT2D eigenvalue weighted by Crippen LogP contribution is 2.32. The van der Waals surface area contributed by atoms with Crippen molar-refractivity contribution in [3.63, 3.8) is 0 Å². The van der Waals surface area contributed by atoms with Gasteiger partial charge in [-0.25, -0.2) is 4.79 Å². The quantitative estimate of drug-likeness (QED) is 0.649. The third kappa shape index (κ3) is 3.87. The predicted octanol–water partition coefficient (Wildman–Crippen LogP) is 5.16. The molecule has 0 aliphatic heterocycles. The number of carbonyl (C=O) groups excluding carboxylic acids is 2. The van der Waals surface area contributed by atoms with Crippen LogP contribution in [0.3, 0.4) is 0 Å². The number of anilines is 1. The summed E-state index contributed by atoms with van der Waals surface area (Å²) in [6.45, 7) is 8.29. The Kier molecular flexibility index (Phi) is 5.04. The summed E-state index contributed by atoms with van der Waals surface area (Å²) in [6.07, 6.45) is 0. The minimum absolute atomic E-state index is 0.00212. The van der Waals surface area contributed by atoms with Gasteiger partial charge in [0, 0.05) is 10.9 Å². The van der Waals surface area contributed by atoms with Crippen LogP contribution in [0.4, 0.5) is 5.69 Å². The molecule has 2 aromatic carbocycles. The maximum absolute atomic E-state index is 12.7. The van der Waals surface area contributed by atoms with Gasteiger partial charge in [0.25, 0.3) is 5.91 Å². The Morgan fingerprint density at radius 3 is 2.33 bits per heavy atom. The molecule has 0 radical (unpaired) electrons. The molecule has 1 amide bonds. The van der Waals surface area contributed by atoms with Gasteiger partial charge in [-0.3, -0.25) is 4.79 Å². The molecule has 5 heteroatoms. The van der Waals surface area contributed by atoms with Crippen molar-refractivity contribution in [3.05, 3.63) is 65.4 Å². The molecule has 0 saturated heterocycles. The van der Waals surface area contributed by atoms with Crippen molar-refractivity contribution in [2.75, 3.05) is 11.9 Å². The first-order valence-corrected chi connectivity index (χ1v) is 8.92. The number of carbonyl (C=O) groups is 2. The van der Waals surface area contributed by atoms with Gasteiger partial charge in [-0.1, -0.05) is 45.0 Å². The van der Waals surface area contributed by atoms with Gasteiger partial charge in [0.2, 0.25) is 5.76 Å². The van der Waals surface area contributed by atoms with Crippen molar-refractivity contribution in [2.45, 2.75) is 33.1 Å². The molecule has 0 atom stereocenters. The number of amides is 1. The van der Waals surface area contributed by atoms with Crippen LogP contribution in [0.5, 0.6) is 0 Å². The summed E-state index contributed by atoms with van der Waals surface area (Å²) in [7, 11) is 0. The monoisotopic (exact) mass is 365 g/mol. The lowest BCUT2D eigenvalue weighted by Gasteiger charge is -2.19. The lowest BCUT2D eigenvalue weighted by molar-refractivity contribution is 0.0494. The molecule has 0 saturated carbocycles. The van der Waals surface area contributed by atoms with E-state index in [2.05, 4.69) is 26.1 Å². The van der Waals surface area contributed by atoms with Crippen LogP contribution >= 0.6 is 0 Å². The largest absolute Gasteiger partial charge is 0.460 e. The van der Waals surface area contributed by atoms with E-state index >= 15 is 0 Å². The smallest absolute Gasteiger partial charge is 0.376 e. The highest BCUT2D eigenvalue weighted by atomic mass is 16.5. The number of esters is 1. The van der Waals surface area contributed by atoms with Crippen LogP contribution in [-0.2, 0) is 10.2 Å². The molecule has 0 aliphatic rings. The van der Waals surface area contributed by atoms with Gasteiger partial charge in [-0.05, 0) is 42.2 Å². The molecule has 3 rings (SSSR count). The molecule has 27 heavy (non-hydrogen) atoms. The van der Waals surface area contributed by atoms with E-state index in [4.69, 9.17) is 9.15 Å². The fraction of sp³-hybridized carbons (Fsp3) is 0.273. The molecule has 0 spiro atoms. The molecular formula is C22H23NO4. The van der Waals surface area contributed by atoms with Crippen molar-refractivity contribution >= 4 is 28.5 Å². The van der Waals surface area contributed by atoms with Crippen molar-refractivity contribution in [2.24, 2.45) is 0 Å². The number of hydrogen-bond acceptors (Lipinski definition) is 4. The summed E-state index contributed by atoms with van der Waals surface area (Å²) in [4.78, 5) is 25.0. The van der Waals surface area contributed by atoms with E-state index in [-0.39, 0.29) is 23.7 Å². The number of rotatable bonds is 4. The van der Waals surface area contributed by atoms with E-state index in [0.717, 1.165) is 5.56 Å². The molecule has 0 aliphatic carbocycles. The molecule has 1 aromatic heterocycles. The minimum Gasteiger partial charge on any atom is -0.460 e. The van der Waals surface area contributed by atoms with Crippen LogP contribution in [0.1, 0.15) is 54.2 Å². The first-order valence-electron chi connectivity index (χ1n) is 8.92. The Labute approximate surface area is 158 Å². The van der Waals surface area contributed by atoms with Gasteiger partial charge in [0.05, 0.1) is 6.61 Å². The van der Waals surface area contributed by atoms with Crippen LogP contribution < -0.4 is 5.32 Å². The van der Waals surface area contributed by atoms with Gasteiger partial charge < -0.3 is 14.5 Å². The number of ether oxygens (including phenoxy) is 1. The average Bonchev–Trinajstić information content (AvgIpc) is 3.00. The van der Waals surface area contributed by atoms with Crippen LogP contribution in [0, 0.1) is 0 Å². The molecule has 0 fully saturated rings. The lowest BCUT2D eigenvalue weighted by atomic mass is 9.87. The summed E-state index contributed by atoms with van der Waals surface area (Å²) in [5, 5.41) is 3.47. The SMILES string of the molecule is CCOC(=O)c1oc2ccccc2c1NC(=O)c1ccc(C(C)(C)C)cc1. The molecule has 140 valence electrons. The van der Waals surface area contributed by atoms with Gasteiger partial charge in [-0.15, -0.1) is 0 Å². The van der Waals surface area contributed by atoms with Crippen molar-refractivity contribution in [3.8, 4) is 0 Å². The zero-order valence-corrected chi connectivity index (χ0v) is 16.0. The Bertz CT molecular complexity index is 978. The first kappa shape index (κ1) is 18.7. The molecule has 1 N–H and O–H groups in total. The second kappa shape index (κ2) is 7.27. The fourth-order valence-electron chi connectivity index (χ4n) is 2.82. The maximum Gasteiger partial charge on any atom is 0.376 e. The lowest BCUT2D eigenvalue weighted by Crippen LogP contribution is -2.16. The van der Waals surface area contributed by atoms with E-state index in [9.17, 15) is 9.59 Å². The summed E-state index contributed by atoms with van der Waals surface area (Å²) in [5.41, 5.74) is 2.49. The van der Waals surface area contributed by atoms with Crippen molar-refractivity contribution in [1.29, 1.82) is 0 Å². The molecule has 1 heterocycles. The van der Waals surface area contributed by atoms with E-state index in [1.54, 1.807) is 37.3 Å². The van der Waals surface area contributed by atoms with Crippen molar-refractivity contribution in [1.82, 2.24) is 0 Å². The zero-order chi connectivity index (χ0) is 19.6. The number of furan rings is 1. The van der Waals surface area contributed by atoms with E-state index in [0.29, 0.717) is 22.2 Å². The Morgan fingerprint density at radius 2 is 1.70 bits per heavy atom. The molecule has 0 unspecified atom stereocenters. The number of fused-ring (bicyclic) bond motifs is 1. The van der Waals surface area contributed by atoms with Crippen LogP contribution in [-0.4, -0.2) is 18.5 Å². The summed E-state index contributed by atoms with van der Waals surface area (Å²) < 4.78 is 10.7. The molecule has 0 bridgehead atoms.